The Balaban J connectivity index is 1.72. The predicted molar refractivity (Wildman–Crippen MR) is 87.0 cm³/mol. The van der Waals surface area contributed by atoms with Crippen molar-refractivity contribution < 1.29 is 9.18 Å². The van der Waals surface area contributed by atoms with Gasteiger partial charge in [-0.15, -0.1) is 0 Å². The number of benzene rings is 2. The van der Waals surface area contributed by atoms with E-state index in [2.05, 4.69) is 5.32 Å². The molecule has 3 nitrogen and oxygen atoms in total. The number of para-hydroxylation sites is 1. The van der Waals surface area contributed by atoms with E-state index < -0.39 is 5.82 Å². The SMILES string of the molecule is C[C@@H]1Cc2ccccc2N1C(=O)CNc1ccc(F)cc1Cl. The second-order valence-electron chi connectivity index (χ2n) is 5.42. The van der Waals surface area contributed by atoms with Gasteiger partial charge in [-0.25, -0.2) is 4.39 Å². The van der Waals surface area contributed by atoms with Crippen LogP contribution < -0.4 is 10.2 Å². The highest BCUT2D eigenvalue weighted by atomic mass is 35.5. The monoisotopic (exact) mass is 318 g/mol. The smallest absolute Gasteiger partial charge is 0.246 e. The van der Waals surface area contributed by atoms with Gasteiger partial charge in [0.25, 0.3) is 0 Å². The Morgan fingerprint density at radius 2 is 2.14 bits per heavy atom. The van der Waals surface area contributed by atoms with Gasteiger partial charge in [-0.3, -0.25) is 4.79 Å². The Kier molecular flexibility index (Phi) is 4.03. The Bertz CT molecular complexity index is 720. The van der Waals surface area contributed by atoms with Gasteiger partial charge in [0.15, 0.2) is 0 Å². The third kappa shape index (κ3) is 2.79. The lowest BCUT2D eigenvalue weighted by Gasteiger charge is -2.23. The average molecular weight is 319 g/mol. The van der Waals surface area contributed by atoms with Gasteiger partial charge in [0, 0.05) is 11.7 Å². The van der Waals surface area contributed by atoms with Crippen LogP contribution in [0, 0.1) is 5.82 Å². The van der Waals surface area contributed by atoms with Gasteiger partial charge in [0.1, 0.15) is 5.82 Å². The molecule has 0 bridgehead atoms. The van der Waals surface area contributed by atoms with Crippen LogP contribution in [0.3, 0.4) is 0 Å². The van der Waals surface area contributed by atoms with Gasteiger partial charge in [0.05, 0.1) is 17.3 Å². The first-order valence-electron chi connectivity index (χ1n) is 7.15. The molecule has 0 aliphatic carbocycles. The lowest BCUT2D eigenvalue weighted by Crippen LogP contribution is -2.39. The molecule has 1 atom stereocenters. The molecule has 0 saturated carbocycles. The van der Waals surface area contributed by atoms with Crippen molar-refractivity contribution in [3.63, 3.8) is 0 Å². The van der Waals surface area contributed by atoms with Gasteiger partial charge >= 0.3 is 0 Å². The first-order chi connectivity index (χ1) is 10.6. The van der Waals surface area contributed by atoms with E-state index in [0.29, 0.717) is 5.69 Å². The highest BCUT2D eigenvalue weighted by Gasteiger charge is 2.30. The normalized spacial score (nSPS) is 16.5. The van der Waals surface area contributed by atoms with Gasteiger partial charge in [-0.2, -0.15) is 0 Å². The molecule has 0 fully saturated rings. The van der Waals surface area contributed by atoms with Gasteiger partial charge in [-0.05, 0) is 43.2 Å². The van der Waals surface area contributed by atoms with Crippen LogP contribution in [-0.4, -0.2) is 18.5 Å². The molecule has 1 aliphatic heterocycles. The molecule has 1 aliphatic rings. The van der Waals surface area contributed by atoms with Crippen molar-refractivity contribution in [2.75, 3.05) is 16.8 Å². The Morgan fingerprint density at radius 1 is 1.36 bits per heavy atom. The molecule has 5 heteroatoms. The van der Waals surface area contributed by atoms with E-state index in [1.807, 2.05) is 31.2 Å². The highest BCUT2D eigenvalue weighted by molar-refractivity contribution is 6.33. The highest BCUT2D eigenvalue weighted by Crippen LogP contribution is 2.32. The van der Waals surface area contributed by atoms with Crippen LogP contribution in [0.25, 0.3) is 0 Å². The zero-order chi connectivity index (χ0) is 15.7. The summed E-state index contributed by atoms with van der Waals surface area (Å²) in [6.45, 7) is 2.15. The van der Waals surface area contributed by atoms with Crippen molar-refractivity contribution in [2.45, 2.75) is 19.4 Å². The zero-order valence-corrected chi connectivity index (χ0v) is 12.9. The summed E-state index contributed by atoms with van der Waals surface area (Å²) in [6.07, 6.45) is 0.860. The minimum absolute atomic E-state index is 0.0298. The molecular formula is C17H16ClFN2O. The van der Waals surface area contributed by atoms with E-state index in [9.17, 15) is 9.18 Å². The second kappa shape index (κ2) is 5.97. The number of hydrogen-bond donors (Lipinski definition) is 1. The predicted octanol–water partition coefficient (Wildman–Crippen LogP) is 3.87. The number of rotatable bonds is 3. The average Bonchev–Trinajstić information content (AvgIpc) is 2.82. The zero-order valence-electron chi connectivity index (χ0n) is 12.1. The number of nitrogens with zero attached hydrogens (tertiary/aromatic N) is 1. The quantitative estimate of drug-likeness (QED) is 0.931. The van der Waals surface area contributed by atoms with Crippen LogP contribution in [0.15, 0.2) is 42.5 Å². The fraction of sp³-hybridized carbons (Fsp3) is 0.235. The van der Waals surface area contributed by atoms with Crippen LogP contribution in [0.4, 0.5) is 15.8 Å². The summed E-state index contributed by atoms with van der Waals surface area (Å²) < 4.78 is 13.0. The van der Waals surface area contributed by atoms with E-state index in [4.69, 9.17) is 11.6 Å². The number of amides is 1. The molecule has 1 amide bonds. The van der Waals surface area contributed by atoms with Crippen LogP contribution in [-0.2, 0) is 11.2 Å². The summed E-state index contributed by atoms with van der Waals surface area (Å²) in [5.41, 5.74) is 2.70. The van der Waals surface area contributed by atoms with Gasteiger partial charge in [-0.1, -0.05) is 29.8 Å². The Labute approximate surface area is 133 Å². The third-order valence-corrected chi connectivity index (χ3v) is 4.15. The molecule has 0 spiro atoms. The van der Waals surface area contributed by atoms with Crippen molar-refractivity contribution in [3.05, 3.63) is 58.9 Å². The van der Waals surface area contributed by atoms with E-state index in [1.54, 1.807) is 4.90 Å². The molecule has 114 valence electrons. The van der Waals surface area contributed by atoms with Crippen LogP contribution in [0.2, 0.25) is 5.02 Å². The molecule has 2 aromatic rings. The minimum atomic E-state index is -0.399. The number of nitrogens with one attached hydrogen (secondary N) is 1. The van der Waals surface area contributed by atoms with Crippen molar-refractivity contribution in [3.8, 4) is 0 Å². The summed E-state index contributed by atoms with van der Waals surface area (Å²) in [5.74, 6) is -0.429. The standard InChI is InChI=1S/C17H16ClFN2O/c1-11-8-12-4-2-3-5-16(12)21(11)17(22)10-20-15-7-6-13(19)9-14(15)18/h2-7,9,11,20H,8,10H2,1H3/t11-/m1/s1. The lowest BCUT2D eigenvalue weighted by atomic mass is 10.1. The molecule has 3 rings (SSSR count). The molecule has 0 saturated heterocycles. The maximum atomic E-state index is 13.0. The van der Waals surface area contributed by atoms with Crippen molar-refractivity contribution in [2.24, 2.45) is 0 Å². The first kappa shape index (κ1) is 14.9. The van der Waals surface area contributed by atoms with E-state index in [1.165, 1.54) is 23.8 Å². The summed E-state index contributed by atoms with van der Waals surface area (Å²) in [7, 11) is 0. The van der Waals surface area contributed by atoms with Gasteiger partial charge < -0.3 is 10.2 Å². The number of hydrogen-bond acceptors (Lipinski definition) is 2. The molecule has 1 N–H and O–H groups in total. The second-order valence-corrected chi connectivity index (χ2v) is 5.83. The third-order valence-electron chi connectivity index (χ3n) is 3.84. The van der Waals surface area contributed by atoms with Crippen molar-refractivity contribution >= 4 is 28.9 Å². The van der Waals surface area contributed by atoms with Crippen LogP contribution >= 0.6 is 11.6 Å². The summed E-state index contributed by atoms with van der Waals surface area (Å²) in [6, 6.07) is 12.1. The summed E-state index contributed by atoms with van der Waals surface area (Å²) >= 11 is 5.95. The molecule has 0 aromatic heterocycles. The molecular weight excluding hydrogens is 303 g/mol. The molecule has 22 heavy (non-hydrogen) atoms. The topological polar surface area (TPSA) is 32.3 Å². The molecule has 0 radical (unpaired) electrons. The first-order valence-corrected chi connectivity index (χ1v) is 7.53. The molecule has 0 unspecified atom stereocenters. The Hall–Kier alpha value is -2.07. The van der Waals surface area contributed by atoms with Crippen LogP contribution in [0.5, 0.6) is 0 Å². The Morgan fingerprint density at radius 3 is 2.91 bits per heavy atom. The summed E-state index contributed by atoms with van der Waals surface area (Å²) in [4.78, 5) is 14.3. The van der Waals surface area contributed by atoms with Crippen molar-refractivity contribution in [1.29, 1.82) is 0 Å². The van der Waals surface area contributed by atoms with E-state index in [0.717, 1.165) is 12.1 Å². The van der Waals surface area contributed by atoms with E-state index in [-0.39, 0.29) is 23.5 Å². The van der Waals surface area contributed by atoms with Crippen molar-refractivity contribution in [1.82, 2.24) is 0 Å². The lowest BCUT2D eigenvalue weighted by molar-refractivity contribution is -0.117. The molecule has 1 heterocycles. The maximum Gasteiger partial charge on any atom is 0.246 e. The minimum Gasteiger partial charge on any atom is -0.375 e. The number of halogens is 2. The van der Waals surface area contributed by atoms with E-state index >= 15 is 0 Å². The fourth-order valence-corrected chi connectivity index (χ4v) is 3.07. The fourth-order valence-electron chi connectivity index (χ4n) is 2.83. The van der Waals surface area contributed by atoms with Gasteiger partial charge in [0.2, 0.25) is 5.91 Å². The van der Waals surface area contributed by atoms with Crippen LogP contribution in [0.1, 0.15) is 12.5 Å². The largest absolute Gasteiger partial charge is 0.375 e. The number of anilines is 2. The molecule has 2 aromatic carbocycles. The number of carbonyl (C=O) groups excluding carboxylic acids is 1. The number of fused-ring (bicyclic) bond motifs is 1. The number of carbonyl (C=O) groups is 1. The summed E-state index contributed by atoms with van der Waals surface area (Å²) in [5, 5.41) is 3.24. The maximum absolute atomic E-state index is 13.0.